The normalized spacial score (nSPS) is 15.6. The number of nitrogens with one attached hydrogen (secondary N) is 1. The third kappa shape index (κ3) is 3.78. The Morgan fingerprint density at radius 3 is 2.63 bits per heavy atom. The van der Waals surface area contributed by atoms with Crippen LogP contribution in [0, 0.1) is 5.92 Å². The van der Waals surface area contributed by atoms with Crippen LogP contribution in [0.5, 0.6) is 11.5 Å². The second-order valence-corrected chi connectivity index (χ2v) is 7.67. The maximum atomic E-state index is 12.9. The molecule has 0 saturated heterocycles. The molecule has 7 heteroatoms. The van der Waals surface area contributed by atoms with Gasteiger partial charge >= 0.3 is 5.97 Å². The number of hydrogen-bond acceptors (Lipinski definition) is 6. The van der Waals surface area contributed by atoms with E-state index < -0.39 is 5.97 Å². The van der Waals surface area contributed by atoms with E-state index in [9.17, 15) is 9.59 Å². The number of methoxy groups -OCH3 is 3. The lowest BCUT2D eigenvalue weighted by atomic mass is 9.88. The standard InChI is InChI=1S/C20H23NO5S/c1-11-5-7-14-16(9-11)27-19(17(14)20(23)26-4)21-18(22)13-8-6-12(24-2)10-15(13)25-3/h6,8,10-11H,5,7,9H2,1-4H3,(H,21,22). The van der Waals surface area contributed by atoms with Gasteiger partial charge in [-0.15, -0.1) is 11.3 Å². The summed E-state index contributed by atoms with van der Waals surface area (Å²) in [5, 5.41) is 3.42. The molecule has 0 fully saturated rings. The largest absolute Gasteiger partial charge is 0.497 e. The summed E-state index contributed by atoms with van der Waals surface area (Å²) in [6, 6.07) is 4.98. The summed E-state index contributed by atoms with van der Waals surface area (Å²) in [6.07, 6.45) is 2.75. The Bertz CT molecular complexity index is 873. The van der Waals surface area contributed by atoms with Gasteiger partial charge in [-0.3, -0.25) is 4.79 Å². The van der Waals surface area contributed by atoms with Crippen LogP contribution in [0.1, 0.15) is 44.5 Å². The van der Waals surface area contributed by atoms with Crippen molar-refractivity contribution in [3.8, 4) is 11.5 Å². The number of hydrogen-bond donors (Lipinski definition) is 1. The predicted molar refractivity (Wildman–Crippen MR) is 104 cm³/mol. The molecule has 0 radical (unpaired) electrons. The Balaban J connectivity index is 1.96. The van der Waals surface area contributed by atoms with Gasteiger partial charge in [-0.2, -0.15) is 0 Å². The lowest BCUT2D eigenvalue weighted by Gasteiger charge is -2.18. The lowest BCUT2D eigenvalue weighted by molar-refractivity contribution is 0.0601. The van der Waals surface area contributed by atoms with Crippen molar-refractivity contribution in [1.29, 1.82) is 0 Å². The number of carbonyl (C=O) groups excluding carboxylic acids is 2. The molecule has 1 heterocycles. The molecule has 1 aromatic heterocycles. The zero-order valence-corrected chi connectivity index (χ0v) is 16.7. The van der Waals surface area contributed by atoms with Crippen LogP contribution in [0.25, 0.3) is 0 Å². The summed E-state index contributed by atoms with van der Waals surface area (Å²) in [5.74, 6) is 0.804. The Hall–Kier alpha value is -2.54. The average molecular weight is 389 g/mol. The molecular weight excluding hydrogens is 366 g/mol. The number of thiophene rings is 1. The van der Waals surface area contributed by atoms with Gasteiger partial charge in [0.1, 0.15) is 16.5 Å². The Labute approximate surface area is 162 Å². The van der Waals surface area contributed by atoms with Gasteiger partial charge in [-0.1, -0.05) is 6.92 Å². The highest BCUT2D eigenvalue weighted by atomic mass is 32.1. The molecule has 1 amide bonds. The Morgan fingerprint density at radius 2 is 1.96 bits per heavy atom. The molecule has 0 bridgehead atoms. The van der Waals surface area contributed by atoms with Crippen LogP contribution in [0.3, 0.4) is 0 Å². The molecule has 1 aliphatic rings. The third-order valence-electron chi connectivity index (χ3n) is 4.78. The number of esters is 1. The molecule has 0 spiro atoms. The van der Waals surface area contributed by atoms with Crippen molar-refractivity contribution in [3.05, 3.63) is 39.8 Å². The molecule has 2 aromatic rings. The summed E-state index contributed by atoms with van der Waals surface area (Å²) >= 11 is 1.46. The summed E-state index contributed by atoms with van der Waals surface area (Å²) < 4.78 is 15.4. The molecule has 3 rings (SSSR count). The first-order valence-electron chi connectivity index (χ1n) is 8.74. The van der Waals surface area contributed by atoms with Crippen molar-refractivity contribution in [3.63, 3.8) is 0 Å². The summed E-state index contributed by atoms with van der Waals surface area (Å²) in [4.78, 5) is 26.4. The molecule has 6 nitrogen and oxygen atoms in total. The highest BCUT2D eigenvalue weighted by molar-refractivity contribution is 7.17. The van der Waals surface area contributed by atoms with Crippen LogP contribution in [-0.4, -0.2) is 33.2 Å². The van der Waals surface area contributed by atoms with Gasteiger partial charge < -0.3 is 19.5 Å². The van der Waals surface area contributed by atoms with Crippen LogP contribution in [0.2, 0.25) is 0 Å². The number of fused-ring (bicyclic) bond motifs is 1. The van der Waals surface area contributed by atoms with Crippen molar-refractivity contribution in [2.75, 3.05) is 26.6 Å². The van der Waals surface area contributed by atoms with Gasteiger partial charge in [0.2, 0.25) is 0 Å². The zero-order valence-electron chi connectivity index (χ0n) is 15.9. The predicted octanol–water partition coefficient (Wildman–Crippen LogP) is 3.93. The van der Waals surface area contributed by atoms with Crippen LogP contribution < -0.4 is 14.8 Å². The Morgan fingerprint density at radius 1 is 1.19 bits per heavy atom. The fraction of sp³-hybridized carbons (Fsp3) is 0.400. The van der Waals surface area contributed by atoms with Gasteiger partial charge in [-0.05, 0) is 42.9 Å². The fourth-order valence-electron chi connectivity index (χ4n) is 3.31. The van der Waals surface area contributed by atoms with Crippen LogP contribution >= 0.6 is 11.3 Å². The molecule has 1 aromatic carbocycles. The molecule has 0 aliphatic heterocycles. The lowest BCUT2D eigenvalue weighted by Crippen LogP contribution is -2.16. The molecule has 1 unspecified atom stereocenters. The molecular formula is C20H23NO5S. The summed E-state index contributed by atoms with van der Waals surface area (Å²) in [7, 11) is 4.40. The summed E-state index contributed by atoms with van der Waals surface area (Å²) in [5.41, 5.74) is 1.85. The number of rotatable bonds is 5. The van der Waals surface area contributed by atoms with Gasteiger partial charge in [0.15, 0.2) is 0 Å². The maximum Gasteiger partial charge on any atom is 0.341 e. The first kappa shape index (κ1) is 19.2. The number of amides is 1. The smallest absolute Gasteiger partial charge is 0.341 e. The number of anilines is 1. The van der Waals surface area contributed by atoms with E-state index in [1.54, 1.807) is 25.3 Å². The van der Waals surface area contributed by atoms with E-state index in [-0.39, 0.29) is 5.91 Å². The third-order valence-corrected chi connectivity index (χ3v) is 5.95. The van der Waals surface area contributed by atoms with E-state index in [2.05, 4.69) is 12.2 Å². The first-order chi connectivity index (χ1) is 13.0. The first-order valence-corrected chi connectivity index (χ1v) is 9.56. The minimum absolute atomic E-state index is 0.341. The van der Waals surface area contributed by atoms with Gasteiger partial charge in [-0.25, -0.2) is 4.79 Å². The van der Waals surface area contributed by atoms with Gasteiger partial charge in [0.05, 0.1) is 32.5 Å². The van der Waals surface area contributed by atoms with Crippen molar-refractivity contribution in [2.24, 2.45) is 5.92 Å². The maximum absolute atomic E-state index is 12.9. The highest BCUT2D eigenvalue weighted by Gasteiger charge is 2.29. The van der Waals surface area contributed by atoms with Crippen LogP contribution in [-0.2, 0) is 17.6 Å². The van der Waals surface area contributed by atoms with Gasteiger partial charge in [0.25, 0.3) is 5.91 Å². The minimum atomic E-state index is -0.418. The van der Waals surface area contributed by atoms with E-state index in [1.807, 2.05) is 0 Å². The molecule has 0 saturated carbocycles. The second kappa shape index (κ2) is 8.00. The second-order valence-electron chi connectivity index (χ2n) is 6.57. The molecule has 1 N–H and O–H groups in total. The van der Waals surface area contributed by atoms with Crippen molar-refractivity contribution in [1.82, 2.24) is 0 Å². The molecule has 144 valence electrons. The van der Waals surface area contributed by atoms with Crippen LogP contribution in [0.4, 0.5) is 5.00 Å². The van der Waals surface area contributed by atoms with E-state index >= 15 is 0 Å². The van der Waals surface area contributed by atoms with Crippen LogP contribution in [0.15, 0.2) is 18.2 Å². The van der Waals surface area contributed by atoms with Crippen molar-refractivity contribution >= 4 is 28.2 Å². The van der Waals surface area contributed by atoms with E-state index in [0.29, 0.717) is 33.5 Å². The SMILES string of the molecule is COC(=O)c1c(NC(=O)c2ccc(OC)cc2OC)sc2c1CCC(C)C2. The fourth-order valence-corrected chi connectivity index (χ4v) is 4.71. The van der Waals surface area contributed by atoms with Crippen molar-refractivity contribution in [2.45, 2.75) is 26.2 Å². The topological polar surface area (TPSA) is 73.9 Å². The average Bonchev–Trinajstić information content (AvgIpc) is 3.03. The number of ether oxygens (including phenoxy) is 3. The van der Waals surface area contributed by atoms with E-state index in [1.165, 1.54) is 25.6 Å². The quantitative estimate of drug-likeness (QED) is 0.785. The highest BCUT2D eigenvalue weighted by Crippen LogP contribution is 2.40. The minimum Gasteiger partial charge on any atom is -0.497 e. The molecule has 1 atom stereocenters. The molecule has 1 aliphatic carbocycles. The number of carbonyl (C=O) groups is 2. The monoisotopic (exact) mass is 389 g/mol. The van der Waals surface area contributed by atoms with E-state index in [4.69, 9.17) is 14.2 Å². The van der Waals surface area contributed by atoms with E-state index in [0.717, 1.165) is 29.7 Å². The molecule has 27 heavy (non-hydrogen) atoms. The Kier molecular flexibility index (Phi) is 5.70. The summed E-state index contributed by atoms with van der Waals surface area (Å²) in [6.45, 7) is 2.20. The van der Waals surface area contributed by atoms with Gasteiger partial charge in [0, 0.05) is 10.9 Å². The number of benzene rings is 1. The zero-order chi connectivity index (χ0) is 19.6. The van der Waals surface area contributed by atoms with Crippen molar-refractivity contribution < 1.29 is 23.8 Å².